The number of hydrogen-bond acceptors (Lipinski definition) is 3. The highest BCUT2D eigenvalue weighted by atomic mass is 16.5. The lowest BCUT2D eigenvalue weighted by Crippen LogP contribution is -2.24. The first-order valence-electron chi connectivity index (χ1n) is 6.96. The molecule has 1 aliphatic carbocycles. The van der Waals surface area contributed by atoms with E-state index >= 15 is 0 Å². The van der Waals surface area contributed by atoms with Gasteiger partial charge in [0.2, 0.25) is 0 Å². The molecule has 0 N–H and O–H groups in total. The lowest BCUT2D eigenvalue weighted by Gasteiger charge is -2.12. The van der Waals surface area contributed by atoms with Crippen LogP contribution in [0, 0.1) is 5.92 Å². The van der Waals surface area contributed by atoms with E-state index in [1.54, 1.807) is 0 Å². The van der Waals surface area contributed by atoms with Crippen LogP contribution in [0.15, 0.2) is 24.3 Å². The van der Waals surface area contributed by atoms with Gasteiger partial charge in [-0.05, 0) is 31.7 Å². The Bertz CT molecular complexity index is 465. The molecule has 0 aliphatic heterocycles. The van der Waals surface area contributed by atoms with E-state index in [2.05, 4.69) is 0 Å². The van der Waals surface area contributed by atoms with Crippen LogP contribution in [-0.4, -0.2) is 24.8 Å². The molecule has 3 nitrogen and oxygen atoms in total. The average molecular weight is 260 g/mol. The SMILES string of the molecule is CCOCCC(=O)C1CCCc2ccccc2C1=O. The molecule has 1 unspecified atom stereocenters. The number of carbonyl (C=O) groups excluding carboxylic acids is 2. The molecule has 0 bridgehead atoms. The van der Waals surface area contributed by atoms with E-state index in [1.807, 2.05) is 31.2 Å². The monoisotopic (exact) mass is 260 g/mol. The van der Waals surface area contributed by atoms with E-state index in [9.17, 15) is 9.59 Å². The number of Topliss-reactive ketones (excluding diaryl/α,β-unsaturated/α-hetero) is 2. The van der Waals surface area contributed by atoms with E-state index in [0.29, 0.717) is 26.1 Å². The third-order valence-corrected chi connectivity index (χ3v) is 3.62. The third-order valence-electron chi connectivity index (χ3n) is 3.62. The number of hydrogen-bond donors (Lipinski definition) is 0. The largest absolute Gasteiger partial charge is 0.381 e. The normalized spacial score (nSPS) is 18.8. The maximum absolute atomic E-state index is 12.4. The molecule has 0 saturated heterocycles. The van der Waals surface area contributed by atoms with Gasteiger partial charge in [0.15, 0.2) is 5.78 Å². The van der Waals surface area contributed by atoms with Gasteiger partial charge in [0.1, 0.15) is 5.78 Å². The van der Waals surface area contributed by atoms with Gasteiger partial charge in [-0.2, -0.15) is 0 Å². The second-order valence-corrected chi connectivity index (χ2v) is 4.88. The summed E-state index contributed by atoms with van der Waals surface area (Å²) >= 11 is 0. The smallest absolute Gasteiger partial charge is 0.173 e. The topological polar surface area (TPSA) is 43.4 Å². The number of fused-ring (bicyclic) bond motifs is 1. The molecule has 102 valence electrons. The highest BCUT2D eigenvalue weighted by molar-refractivity contribution is 6.11. The molecule has 0 fully saturated rings. The number of carbonyl (C=O) groups is 2. The molecule has 0 radical (unpaired) electrons. The summed E-state index contributed by atoms with van der Waals surface area (Å²) in [4.78, 5) is 24.6. The van der Waals surface area contributed by atoms with Crippen molar-refractivity contribution in [2.75, 3.05) is 13.2 Å². The first-order valence-corrected chi connectivity index (χ1v) is 6.96. The fourth-order valence-corrected chi connectivity index (χ4v) is 2.59. The number of aryl methyl sites for hydroxylation is 1. The summed E-state index contributed by atoms with van der Waals surface area (Å²) in [7, 11) is 0. The van der Waals surface area contributed by atoms with E-state index in [-0.39, 0.29) is 11.6 Å². The van der Waals surface area contributed by atoms with Crippen molar-refractivity contribution in [1.29, 1.82) is 0 Å². The fraction of sp³-hybridized carbons (Fsp3) is 0.500. The van der Waals surface area contributed by atoms with Crippen LogP contribution >= 0.6 is 0 Å². The molecule has 19 heavy (non-hydrogen) atoms. The van der Waals surface area contributed by atoms with Crippen LogP contribution in [0.5, 0.6) is 0 Å². The molecule has 2 rings (SSSR count). The van der Waals surface area contributed by atoms with Gasteiger partial charge in [0, 0.05) is 18.6 Å². The van der Waals surface area contributed by atoms with Gasteiger partial charge >= 0.3 is 0 Å². The zero-order chi connectivity index (χ0) is 13.7. The standard InChI is InChI=1S/C16H20O3/c1-2-19-11-10-15(17)14-9-5-7-12-6-3-4-8-13(12)16(14)18/h3-4,6,8,14H,2,5,7,9-11H2,1H3. The Hall–Kier alpha value is -1.48. The number of rotatable bonds is 5. The Kier molecular flexibility index (Phi) is 4.86. The Morgan fingerprint density at radius 3 is 2.95 bits per heavy atom. The first-order chi connectivity index (χ1) is 9.24. The van der Waals surface area contributed by atoms with Crippen molar-refractivity contribution in [3.8, 4) is 0 Å². The average Bonchev–Trinajstić information content (AvgIpc) is 2.59. The first kappa shape index (κ1) is 13.9. The second-order valence-electron chi connectivity index (χ2n) is 4.88. The number of ether oxygens (including phenoxy) is 1. The number of benzene rings is 1. The number of ketones is 2. The Labute approximate surface area is 114 Å². The molecule has 3 heteroatoms. The Morgan fingerprint density at radius 2 is 2.16 bits per heavy atom. The molecule has 0 amide bonds. The van der Waals surface area contributed by atoms with Crippen LogP contribution in [0.2, 0.25) is 0 Å². The van der Waals surface area contributed by atoms with Crippen molar-refractivity contribution >= 4 is 11.6 Å². The highest BCUT2D eigenvalue weighted by Crippen LogP contribution is 2.25. The maximum Gasteiger partial charge on any atom is 0.173 e. The van der Waals surface area contributed by atoms with Gasteiger partial charge in [-0.3, -0.25) is 9.59 Å². The summed E-state index contributed by atoms with van der Waals surface area (Å²) in [6, 6.07) is 7.64. The van der Waals surface area contributed by atoms with Crippen LogP contribution in [0.1, 0.15) is 42.1 Å². The van der Waals surface area contributed by atoms with Gasteiger partial charge in [-0.15, -0.1) is 0 Å². The lowest BCUT2D eigenvalue weighted by atomic mass is 9.90. The Morgan fingerprint density at radius 1 is 1.37 bits per heavy atom. The van der Waals surface area contributed by atoms with Crippen molar-refractivity contribution in [2.24, 2.45) is 5.92 Å². The molecule has 1 aliphatic rings. The van der Waals surface area contributed by atoms with Crippen LogP contribution < -0.4 is 0 Å². The molecule has 0 heterocycles. The van der Waals surface area contributed by atoms with Crippen LogP contribution in [-0.2, 0) is 16.0 Å². The van der Waals surface area contributed by atoms with Crippen LogP contribution in [0.4, 0.5) is 0 Å². The summed E-state index contributed by atoms with van der Waals surface area (Å²) in [6.07, 6.45) is 2.79. The minimum atomic E-state index is -0.468. The minimum absolute atomic E-state index is 0.00500. The van der Waals surface area contributed by atoms with Crippen molar-refractivity contribution in [3.05, 3.63) is 35.4 Å². The van der Waals surface area contributed by atoms with E-state index < -0.39 is 5.92 Å². The van der Waals surface area contributed by atoms with Crippen molar-refractivity contribution in [1.82, 2.24) is 0 Å². The molecular weight excluding hydrogens is 240 g/mol. The second kappa shape index (κ2) is 6.62. The van der Waals surface area contributed by atoms with Gasteiger partial charge in [0.05, 0.1) is 12.5 Å². The molecule has 0 spiro atoms. The maximum atomic E-state index is 12.4. The van der Waals surface area contributed by atoms with Crippen molar-refractivity contribution in [2.45, 2.75) is 32.6 Å². The van der Waals surface area contributed by atoms with E-state index in [1.165, 1.54) is 0 Å². The minimum Gasteiger partial charge on any atom is -0.381 e. The quantitative estimate of drug-likeness (QED) is 0.464. The van der Waals surface area contributed by atoms with Gasteiger partial charge in [-0.1, -0.05) is 24.3 Å². The molecule has 1 aromatic rings. The predicted octanol–water partition coefficient (Wildman–Crippen LogP) is 2.82. The van der Waals surface area contributed by atoms with Crippen LogP contribution in [0.25, 0.3) is 0 Å². The Balaban J connectivity index is 2.11. The zero-order valence-electron chi connectivity index (χ0n) is 11.4. The van der Waals surface area contributed by atoms with Crippen LogP contribution in [0.3, 0.4) is 0 Å². The van der Waals surface area contributed by atoms with Crippen molar-refractivity contribution < 1.29 is 14.3 Å². The van der Waals surface area contributed by atoms with Gasteiger partial charge < -0.3 is 4.74 Å². The highest BCUT2D eigenvalue weighted by Gasteiger charge is 2.30. The van der Waals surface area contributed by atoms with E-state index in [0.717, 1.165) is 24.0 Å². The summed E-state index contributed by atoms with van der Waals surface area (Å²) < 4.78 is 5.20. The zero-order valence-corrected chi connectivity index (χ0v) is 11.4. The van der Waals surface area contributed by atoms with Crippen molar-refractivity contribution in [3.63, 3.8) is 0 Å². The summed E-state index contributed by atoms with van der Waals surface area (Å²) in [5, 5.41) is 0. The lowest BCUT2D eigenvalue weighted by molar-refractivity contribution is -0.122. The summed E-state index contributed by atoms with van der Waals surface area (Å²) in [5.74, 6) is -0.450. The van der Waals surface area contributed by atoms with E-state index in [4.69, 9.17) is 4.74 Å². The molecule has 0 aromatic heterocycles. The fourth-order valence-electron chi connectivity index (χ4n) is 2.59. The summed E-state index contributed by atoms with van der Waals surface area (Å²) in [5.41, 5.74) is 1.81. The molecule has 1 atom stereocenters. The third kappa shape index (κ3) is 3.29. The van der Waals surface area contributed by atoms with Gasteiger partial charge in [0.25, 0.3) is 0 Å². The molecular formula is C16H20O3. The molecule has 1 aromatic carbocycles. The van der Waals surface area contributed by atoms with Gasteiger partial charge in [-0.25, -0.2) is 0 Å². The predicted molar refractivity (Wildman–Crippen MR) is 73.3 cm³/mol. The summed E-state index contributed by atoms with van der Waals surface area (Å²) in [6.45, 7) is 2.92. The molecule has 0 saturated carbocycles.